The Morgan fingerprint density at radius 2 is 2.26 bits per heavy atom. The third kappa shape index (κ3) is 2.49. The number of ether oxygens (including phenoxy) is 1. The largest absolute Gasteiger partial charge is 0.464 e. The highest BCUT2D eigenvalue weighted by atomic mass is 19.4. The fourth-order valence-electron chi connectivity index (χ4n) is 2.17. The molecule has 1 aromatic heterocycles. The number of aromatic amines is 1. The van der Waals surface area contributed by atoms with Crippen molar-refractivity contribution in [3.05, 3.63) is 16.3 Å². The Kier molecular flexibility index (Phi) is 3.38. The average molecular weight is 279 g/mol. The zero-order valence-corrected chi connectivity index (χ0v) is 10.0. The highest BCUT2D eigenvalue weighted by Gasteiger charge is 2.47. The molecule has 0 bridgehead atoms. The van der Waals surface area contributed by atoms with Gasteiger partial charge < -0.3 is 4.74 Å². The summed E-state index contributed by atoms with van der Waals surface area (Å²) in [6, 6.07) is -1.28. The van der Waals surface area contributed by atoms with E-state index in [1.54, 1.807) is 6.92 Å². The van der Waals surface area contributed by atoms with Gasteiger partial charge in [-0.05, 0) is 13.3 Å². The molecular weight excluding hydrogens is 267 g/mol. The van der Waals surface area contributed by atoms with Gasteiger partial charge in [0.25, 0.3) is 0 Å². The summed E-state index contributed by atoms with van der Waals surface area (Å²) < 4.78 is 44.0. The zero-order valence-electron chi connectivity index (χ0n) is 10.0. The van der Waals surface area contributed by atoms with Crippen LogP contribution in [0.15, 0.2) is 4.79 Å². The molecule has 0 radical (unpaired) electrons. The molecule has 0 amide bonds. The van der Waals surface area contributed by atoms with E-state index in [1.165, 1.54) is 0 Å². The second-order valence-electron chi connectivity index (χ2n) is 4.26. The number of rotatable bonds is 2. The number of hydrogen-bond acceptors (Lipinski definition) is 4. The highest BCUT2D eigenvalue weighted by molar-refractivity contribution is 5.74. The molecule has 6 nitrogen and oxygen atoms in total. The number of H-pyrrole nitrogens is 1. The van der Waals surface area contributed by atoms with Crippen molar-refractivity contribution in [2.24, 2.45) is 5.92 Å². The molecule has 0 aromatic carbocycles. The lowest BCUT2D eigenvalue weighted by molar-refractivity contribution is -0.184. The minimum atomic E-state index is -4.44. The third-order valence-corrected chi connectivity index (χ3v) is 3.05. The first-order valence-corrected chi connectivity index (χ1v) is 5.73. The van der Waals surface area contributed by atoms with Crippen molar-refractivity contribution in [3.63, 3.8) is 0 Å². The van der Waals surface area contributed by atoms with Crippen LogP contribution in [-0.4, -0.2) is 33.5 Å². The third-order valence-electron chi connectivity index (χ3n) is 3.05. The second-order valence-corrected chi connectivity index (χ2v) is 4.26. The Labute approximate surface area is 105 Å². The molecule has 0 unspecified atom stereocenters. The van der Waals surface area contributed by atoms with Crippen LogP contribution in [-0.2, 0) is 16.0 Å². The van der Waals surface area contributed by atoms with E-state index in [1.807, 2.05) is 0 Å². The van der Waals surface area contributed by atoms with Gasteiger partial charge in [-0.2, -0.15) is 18.3 Å². The van der Waals surface area contributed by atoms with Crippen molar-refractivity contribution < 1.29 is 22.7 Å². The maximum atomic E-state index is 12.8. The van der Waals surface area contributed by atoms with Crippen molar-refractivity contribution in [1.82, 2.24) is 14.8 Å². The predicted octanol–water partition coefficient (Wildman–Crippen LogP) is 0.800. The number of halogens is 3. The van der Waals surface area contributed by atoms with Crippen LogP contribution in [0.5, 0.6) is 0 Å². The lowest BCUT2D eigenvalue weighted by Gasteiger charge is -2.29. The SMILES string of the molecule is CCOC(=O)[C@H]1C[C@@H](C(F)(F)F)Cc2n[nH]c(=O)n21. The standard InChI is InChI=1S/C10H12F3N3O3/c1-2-19-8(17)6-3-5(10(11,12)13)4-7-14-15-9(18)16(6)7/h5-6H,2-4H2,1H3,(H,15,18)/t5-,6-/m1/s1. The van der Waals surface area contributed by atoms with Crippen LogP contribution >= 0.6 is 0 Å². The van der Waals surface area contributed by atoms with Gasteiger partial charge in [0.1, 0.15) is 11.9 Å². The molecule has 0 saturated carbocycles. The van der Waals surface area contributed by atoms with Crippen molar-refractivity contribution in [2.75, 3.05) is 6.61 Å². The van der Waals surface area contributed by atoms with E-state index in [0.717, 1.165) is 4.57 Å². The number of aromatic nitrogens is 3. The van der Waals surface area contributed by atoms with Crippen LogP contribution in [0.25, 0.3) is 0 Å². The van der Waals surface area contributed by atoms with E-state index in [0.29, 0.717) is 0 Å². The molecule has 106 valence electrons. The maximum absolute atomic E-state index is 12.8. The van der Waals surface area contributed by atoms with E-state index in [4.69, 9.17) is 4.74 Å². The van der Waals surface area contributed by atoms with Crippen LogP contribution < -0.4 is 5.69 Å². The number of carbonyl (C=O) groups is 1. The number of carbonyl (C=O) groups excluding carboxylic acids is 1. The molecule has 0 saturated heterocycles. The van der Waals surface area contributed by atoms with Crippen LogP contribution in [0.1, 0.15) is 25.2 Å². The van der Waals surface area contributed by atoms with E-state index in [2.05, 4.69) is 10.2 Å². The summed E-state index contributed by atoms with van der Waals surface area (Å²) in [5.41, 5.74) is -0.700. The van der Waals surface area contributed by atoms with E-state index in [-0.39, 0.29) is 12.4 Å². The van der Waals surface area contributed by atoms with Crippen molar-refractivity contribution in [2.45, 2.75) is 32.0 Å². The molecule has 9 heteroatoms. The van der Waals surface area contributed by atoms with Gasteiger partial charge in [-0.25, -0.2) is 14.7 Å². The summed E-state index contributed by atoms with van der Waals surface area (Å²) in [7, 11) is 0. The summed E-state index contributed by atoms with van der Waals surface area (Å²) in [6.45, 7) is 1.58. The van der Waals surface area contributed by atoms with Crippen molar-refractivity contribution in [1.29, 1.82) is 0 Å². The number of alkyl halides is 3. The van der Waals surface area contributed by atoms with E-state index < -0.39 is 42.6 Å². The van der Waals surface area contributed by atoms with Gasteiger partial charge in [-0.3, -0.25) is 4.57 Å². The summed E-state index contributed by atoms with van der Waals surface area (Å²) in [4.78, 5) is 23.2. The van der Waals surface area contributed by atoms with Crippen molar-refractivity contribution in [3.8, 4) is 0 Å². The summed E-state index contributed by atoms with van der Waals surface area (Å²) >= 11 is 0. The predicted molar refractivity (Wildman–Crippen MR) is 56.4 cm³/mol. The van der Waals surface area contributed by atoms with Crippen LogP contribution in [0.3, 0.4) is 0 Å². The number of nitrogens with zero attached hydrogens (tertiary/aromatic N) is 2. The Hall–Kier alpha value is -1.80. The minimum Gasteiger partial charge on any atom is -0.464 e. The van der Waals surface area contributed by atoms with Crippen LogP contribution in [0, 0.1) is 5.92 Å². The smallest absolute Gasteiger partial charge is 0.392 e. The van der Waals surface area contributed by atoms with Gasteiger partial charge >= 0.3 is 17.8 Å². The molecule has 1 aromatic rings. The summed E-state index contributed by atoms with van der Waals surface area (Å²) in [5, 5.41) is 5.59. The average Bonchev–Trinajstić information content (AvgIpc) is 2.69. The molecule has 0 spiro atoms. The van der Waals surface area contributed by atoms with Crippen LogP contribution in [0.2, 0.25) is 0 Å². The Morgan fingerprint density at radius 3 is 2.84 bits per heavy atom. The lowest BCUT2D eigenvalue weighted by Crippen LogP contribution is -2.40. The monoisotopic (exact) mass is 279 g/mol. The topological polar surface area (TPSA) is 77.0 Å². The molecule has 1 aliphatic rings. The molecule has 1 aliphatic heterocycles. The Bertz CT molecular complexity index is 534. The molecule has 0 aliphatic carbocycles. The van der Waals surface area contributed by atoms with Gasteiger partial charge in [0.15, 0.2) is 0 Å². The first-order valence-electron chi connectivity index (χ1n) is 5.73. The first kappa shape index (κ1) is 13.6. The van der Waals surface area contributed by atoms with Gasteiger partial charge in [0, 0.05) is 6.42 Å². The number of hydrogen-bond donors (Lipinski definition) is 1. The second kappa shape index (κ2) is 4.71. The molecule has 2 rings (SSSR count). The lowest BCUT2D eigenvalue weighted by atomic mass is 9.91. The first-order chi connectivity index (χ1) is 8.84. The molecule has 0 fully saturated rings. The van der Waals surface area contributed by atoms with E-state index in [9.17, 15) is 22.8 Å². The highest BCUT2D eigenvalue weighted by Crippen LogP contribution is 2.38. The number of nitrogens with one attached hydrogen (secondary N) is 1. The Balaban J connectivity index is 2.38. The molecular formula is C10H12F3N3O3. The normalized spacial score (nSPS) is 22.9. The van der Waals surface area contributed by atoms with Crippen molar-refractivity contribution >= 4 is 5.97 Å². The minimum absolute atomic E-state index is 0.0357. The summed E-state index contributed by atoms with van der Waals surface area (Å²) in [5.74, 6) is -2.62. The van der Waals surface area contributed by atoms with Gasteiger partial charge in [0.2, 0.25) is 0 Å². The summed E-state index contributed by atoms with van der Waals surface area (Å²) in [6.07, 6.45) is -5.36. The van der Waals surface area contributed by atoms with Gasteiger partial charge in [-0.1, -0.05) is 0 Å². The molecule has 19 heavy (non-hydrogen) atoms. The number of fused-ring (bicyclic) bond motifs is 1. The zero-order chi connectivity index (χ0) is 14.2. The molecule has 2 heterocycles. The maximum Gasteiger partial charge on any atom is 0.392 e. The fourth-order valence-corrected chi connectivity index (χ4v) is 2.17. The molecule has 2 atom stereocenters. The van der Waals surface area contributed by atoms with Gasteiger partial charge in [0.05, 0.1) is 12.5 Å². The quantitative estimate of drug-likeness (QED) is 0.812. The fraction of sp³-hybridized carbons (Fsp3) is 0.700. The van der Waals surface area contributed by atoms with E-state index >= 15 is 0 Å². The van der Waals surface area contributed by atoms with Gasteiger partial charge in [-0.15, -0.1) is 0 Å². The molecule has 1 N–H and O–H groups in total. The van der Waals surface area contributed by atoms with Crippen LogP contribution in [0.4, 0.5) is 13.2 Å². The Morgan fingerprint density at radius 1 is 1.58 bits per heavy atom. The number of esters is 1.